The lowest BCUT2D eigenvalue weighted by Crippen LogP contribution is -2.35. The van der Waals surface area contributed by atoms with Crippen molar-refractivity contribution >= 4 is 5.91 Å². The minimum absolute atomic E-state index is 0.0760. The van der Waals surface area contributed by atoms with E-state index in [9.17, 15) is 4.79 Å². The second-order valence-corrected chi connectivity index (χ2v) is 6.80. The Morgan fingerprint density at radius 1 is 1.19 bits per heavy atom. The molecular weight excluding hydrogens is 338 g/mol. The molecular formula is C22H23N3O2. The molecule has 27 heavy (non-hydrogen) atoms. The van der Waals surface area contributed by atoms with Crippen LogP contribution in [0.25, 0.3) is 5.69 Å². The van der Waals surface area contributed by atoms with E-state index in [0.717, 1.165) is 30.0 Å². The summed E-state index contributed by atoms with van der Waals surface area (Å²) in [7, 11) is 0. The number of carbonyl (C=O) groups is 1. The van der Waals surface area contributed by atoms with Gasteiger partial charge in [-0.1, -0.05) is 43.3 Å². The molecule has 3 aromatic rings. The van der Waals surface area contributed by atoms with Crippen LogP contribution in [0.4, 0.5) is 0 Å². The number of para-hydroxylation sites is 2. The third kappa shape index (κ3) is 3.58. The second kappa shape index (κ2) is 7.66. The molecule has 0 radical (unpaired) electrons. The highest BCUT2D eigenvalue weighted by Gasteiger charge is 2.22. The molecule has 1 aromatic heterocycles. The fraction of sp³-hybridized carbons (Fsp3) is 0.273. The molecule has 1 atom stereocenters. The lowest BCUT2D eigenvalue weighted by Gasteiger charge is -2.25. The van der Waals surface area contributed by atoms with Crippen LogP contribution in [0.5, 0.6) is 5.75 Å². The topological polar surface area (TPSA) is 56.1 Å². The molecule has 1 amide bonds. The van der Waals surface area contributed by atoms with Crippen LogP contribution in [0, 0.1) is 5.92 Å². The highest BCUT2D eigenvalue weighted by molar-refractivity contribution is 5.95. The zero-order valence-corrected chi connectivity index (χ0v) is 15.4. The van der Waals surface area contributed by atoms with Gasteiger partial charge in [-0.25, -0.2) is 4.68 Å². The zero-order chi connectivity index (χ0) is 18.6. The Kier molecular flexibility index (Phi) is 4.92. The van der Waals surface area contributed by atoms with Crippen molar-refractivity contribution in [1.29, 1.82) is 0 Å². The number of benzene rings is 2. The number of rotatable bonds is 5. The SMILES string of the molecule is CCc1c(C(=O)NCC2COc3ccccc3C2)cnn1-c1ccccc1. The van der Waals surface area contributed by atoms with Crippen LogP contribution in [-0.2, 0) is 12.8 Å². The van der Waals surface area contributed by atoms with E-state index in [0.29, 0.717) is 18.7 Å². The highest BCUT2D eigenvalue weighted by atomic mass is 16.5. The normalized spacial score (nSPS) is 15.7. The average Bonchev–Trinajstić information content (AvgIpc) is 3.16. The van der Waals surface area contributed by atoms with Gasteiger partial charge in [0, 0.05) is 12.5 Å². The van der Waals surface area contributed by atoms with E-state index in [1.165, 1.54) is 5.56 Å². The molecule has 5 heteroatoms. The number of fused-ring (bicyclic) bond motifs is 1. The molecule has 2 heterocycles. The number of hydrogen-bond donors (Lipinski definition) is 1. The van der Waals surface area contributed by atoms with E-state index in [1.807, 2.05) is 60.1 Å². The molecule has 5 nitrogen and oxygen atoms in total. The summed E-state index contributed by atoms with van der Waals surface area (Å²) in [6.45, 7) is 3.26. The van der Waals surface area contributed by atoms with E-state index < -0.39 is 0 Å². The Hall–Kier alpha value is -3.08. The van der Waals surface area contributed by atoms with Gasteiger partial charge in [-0.05, 0) is 36.6 Å². The Bertz CT molecular complexity index is 934. The summed E-state index contributed by atoms with van der Waals surface area (Å²) in [5.41, 5.74) is 3.72. The molecule has 1 unspecified atom stereocenters. The van der Waals surface area contributed by atoms with Crippen molar-refractivity contribution in [2.45, 2.75) is 19.8 Å². The van der Waals surface area contributed by atoms with Crippen LogP contribution < -0.4 is 10.1 Å². The van der Waals surface area contributed by atoms with Gasteiger partial charge in [0.1, 0.15) is 5.75 Å². The molecule has 1 aliphatic rings. The van der Waals surface area contributed by atoms with Crippen LogP contribution in [0.15, 0.2) is 60.8 Å². The summed E-state index contributed by atoms with van der Waals surface area (Å²) in [5, 5.41) is 7.50. The van der Waals surface area contributed by atoms with Crippen molar-refractivity contribution in [3.8, 4) is 11.4 Å². The molecule has 0 aliphatic carbocycles. The van der Waals surface area contributed by atoms with Crippen LogP contribution in [0.1, 0.15) is 28.5 Å². The van der Waals surface area contributed by atoms with Crippen LogP contribution >= 0.6 is 0 Å². The molecule has 1 aliphatic heterocycles. The number of nitrogens with zero attached hydrogens (tertiary/aromatic N) is 2. The number of carbonyl (C=O) groups excluding carboxylic acids is 1. The maximum absolute atomic E-state index is 12.8. The van der Waals surface area contributed by atoms with Gasteiger partial charge in [-0.15, -0.1) is 0 Å². The first-order chi connectivity index (χ1) is 13.3. The third-order valence-corrected chi connectivity index (χ3v) is 4.96. The summed E-state index contributed by atoms with van der Waals surface area (Å²) in [6.07, 6.45) is 3.31. The number of aromatic nitrogens is 2. The molecule has 4 rings (SSSR count). The monoisotopic (exact) mass is 361 g/mol. The van der Waals surface area contributed by atoms with E-state index in [-0.39, 0.29) is 11.8 Å². The molecule has 0 saturated carbocycles. The fourth-order valence-electron chi connectivity index (χ4n) is 3.55. The molecule has 138 valence electrons. The Labute approximate surface area is 159 Å². The molecule has 0 spiro atoms. The average molecular weight is 361 g/mol. The van der Waals surface area contributed by atoms with Gasteiger partial charge in [-0.2, -0.15) is 5.10 Å². The second-order valence-electron chi connectivity index (χ2n) is 6.80. The van der Waals surface area contributed by atoms with E-state index in [1.54, 1.807) is 6.20 Å². The highest BCUT2D eigenvalue weighted by Crippen LogP contribution is 2.26. The number of nitrogens with one attached hydrogen (secondary N) is 1. The van der Waals surface area contributed by atoms with Gasteiger partial charge in [-0.3, -0.25) is 4.79 Å². The Balaban J connectivity index is 1.44. The van der Waals surface area contributed by atoms with Gasteiger partial charge in [0.05, 0.1) is 29.7 Å². The summed E-state index contributed by atoms with van der Waals surface area (Å²) in [4.78, 5) is 12.8. The van der Waals surface area contributed by atoms with E-state index in [2.05, 4.69) is 16.5 Å². The fourth-order valence-corrected chi connectivity index (χ4v) is 3.55. The van der Waals surface area contributed by atoms with Gasteiger partial charge >= 0.3 is 0 Å². The molecule has 2 aromatic carbocycles. The predicted octanol–water partition coefficient (Wildman–Crippen LogP) is 3.42. The van der Waals surface area contributed by atoms with Gasteiger partial charge in [0.2, 0.25) is 0 Å². The van der Waals surface area contributed by atoms with Crippen molar-refractivity contribution in [3.63, 3.8) is 0 Å². The largest absolute Gasteiger partial charge is 0.493 e. The third-order valence-electron chi connectivity index (χ3n) is 4.96. The quantitative estimate of drug-likeness (QED) is 0.758. The van der Waals surface area contributed by atoms with Crippen molar-refractivity contribution in [2.24, 2.45) is 5.92 Å². The van der Waals surface area contributed by atoms with Gasteiger partial charge < -0.3 is 10.1 Å². The first-order valence-electron chi connectivity index (χ1n) is 9.37. The summed E-state index contributed by atoms with van der Waals surface area (Å²) in [6, 6.07) is 18.0. The summed E-state index contributed by atoms with van der Waals surface area (Å²) < 4.78 is 7.66. The zero-order valence-electron chi connectivity index (χ0n) is 15.4. The molecule has 0 saturated heterocycles. The summed E-state index contributed by atoms with van der Waals surface area (Å²) in [5.74, 6) is 1.16. The Morgan fingerprint density at radius 3 is 2.78 bits per heavy atom. The number of hydrogen-bond acceptors (Lipinski definition) is 3. The maximum Gasteiger partial charge on any atom is 0.254 e. The smallest absolute Gasteiger partial charge is 0.254 e. The van der Waals surface area contributed by atoms with Crippen molar-refractivity contribution in [1.82, 2.24) is 15.1 Å². The van der Waals surface area contributed by atoms with Gasteiger partial charge in [0.25, 0.3) is 5.91 Å². The van der Waals surface area contributed by atoms with Crippen LogP contribution in [0.3, 0.4) is 0 Å². The first kappa shape index (κ1) is 17.3. The predicted molar refractivity (Wildman–Crippen MR) is 104 cm³/mol. The first-order valence-corrected chi connectivity index (χ1v) is 9.37. The number of amides is 1. The molecule has 0 bridgehead atoms. The lowest BCUT2D eigenvalue weighted by atomic mass is 9.96. The maximum atomic E-state index is 12.8. The van der Waals surface area contributed by atoms with Crippen LogP contribution in [0.2, 0.25) is 0 Å². The van der Waals surface area contributed by atoms with E-state index >= 15 is 0 Å². The van der Waals surface area contributed by atoms with E-state index in [4.69, 9.17) is 4.74 Å². The van der Waals surface area contributed by atoms with Crippen molar-refractivity contribution < 1.29 is 9.53 Å². The Morgan fingerprint density at radius 2 is 1.96 bits per heavy atom. The lowest BCUT2D eigenvalue weighted by molar-refractivity contribution is 0.0938. The van der Waals surface area contributed by atoms with Crippen molar-refractivity contribution in [2.75, 3.05) is 13.2 Å². The molecule has 0 fully saturated rings. The number of ether oxygens (including phenoxy) is 1. The minimum atomic E-state index is -0.0760. The standard InChI is InChI=1S/C22H23N3O2/c1-2-20-19(14-24-25(20)18-9-4-3-5-10-18)22(26)23-13-16-12-17-8-6-7-11-21(17)27-15-16/h3-11,14,16H,2,12-13,15H2,1H3,(H,23,26). The van der Waals surface area contributed by atoms with Gasteiger partial charge in [0.15, 0.2) is 0 Å². The molecule has 1 N–H and O–H groups in total. The summed E-state index contributed by atoms with van der Waals surface area (Å²) >= 11 is 0. The minimum Gasteiger partial charge on any atom is -0.493 e. The van der Waals surface area contributed by atoms with Crippen molar-refractivity contribution in [3.05, 3.63) is 77.6 Å². The van der Waals surface area contributed by atoms with Crippen LogP contribution in [-0.4, -0.2) is 28.8 Å².